The van der Waals surface area contributed by atoms with Gasteiger partial charge < -0.3 is 30.5 Å². The van der Waals surface area contributed by atoms with Gasteiger partial charge in [0.15, 0.2) is 0 Å². The van der Waals surface area contributed by atoms with Gasteiger partial charge in [0.25, 0.3) is 5.91 Å². The van der Waals surface area contributed by atoms with Crippen molar-refractivity contribution >= 4 is 40.3 Å². The lowest BCUT2D eigenvalue weighted by atomic mass is 9.91. The molecule has 1 aromatic rings. The number of nitrogens with zero attached hydrogens (tertiary/aromatic N) is 1. The Kier molecular flexibility index (Phi) is 7.25. The smallest absolute Gasteiger partial charge is 0.410 e. The number of likely N-dealkylation sites (tertiary alicyclic amines) is 1. The SMILES string of the molecule is CC(C)(C)OC(=O)N1CCC(O)(CNC(=O)c2cc(CI)c(N)c3c2OCCC3)CC1. The first-order chi connectivity index (χ1) is 14.5. The monoisotopic (exact) mass is 545 g/mol. The number of benzene rings is 1. The fourth-order valence-corrected chi connectivity index (χ4v) is 4.49. The summed E-state index contributed by atoms with van der Waals surface area (Å²) in [6.45, 7) is 6.88. The molecule has 0 unspecified atom stereocenters. The van der Waals surface area contributed by atoms with Crippen LogP contribution in [0, 0.1) is 0 Å². The molecular formula is C22H32IN3O5. The van der Waals surface area contributed by atoms with E-state index >= 15 is 0 Å². The van der Waals surface area contributed by atoms with E-state index in [1.165, 1.54) is 0 Å². The van der Waals surface area contributed by atoms with E-state index in [0.29, 0.717) is 54.0 Å². The second-order valence-electron chi connectivity index (χ2n) is 9.26. The summed E-state index contributed by atoms with van der Waals surface area (Å²) in [5.41, 5.74) is 7.62. The number of amides is 2. The molecule has 0 bridgehead atoms. The summed E-state index contributed by atoms with van der Waals surface area (Å²) in [6.07, 6.45) is 2.01. The third-order valence-electron chi connectivity index (χ3n) is 5.64. The van der Waals surface area contributed by atoms with Gasteiger partial charge in [0.2, 0.25) is 0 Å². The molecule has 4 N–H and O–H groups in total. The lowest BCUT2D eigenvalue weighted by Crippen LogP contribution is -2.52. The third kappa shape index (κ3) is 5.74. The first-order valence-corrected chi connectivity index (χ1v) is 12.2. The highest BCUT2D eigenvalue weighted by Crippen LogP contribution is 2.37. The second kappa shape index (κ2) is 9.40. The summed E-state index contributed by atoms with van der Waals surface area (Å²) >= 11 is 2.23. The van der Waals surface area contributed by atoms with E-state index in [9.17, 15) is 14.7 Å². The molecule has 1 fully saturated rings. The number of nitrogens with one attached hydrogen (secondary N) is 1. The van der Waals surface area contributed by atoms with E-state index in [1.54, 1.807) is 11.0 Å². The molecule has 3 rings (SSSR count). The topological polar surface area (TPSA) is 114 Å². The van der Waals surface area contributed by atoms with Crippen molar-refractivity contribution in [2.24, 2.45) is 0 Å². The third-order valence-corrected chi connectivity index (χ3v) is 6.46. The van der Waals surface area contributed by atoms with Crippen LogP contribution in [0.25, 0.3) is 0 Å². The van der Waals surface area contributed by atoms with Crippen molar-refractivity contribution < 1.29 is 24.2 Å². The molecule has 2 aliphatic rings. The van der Waals surface area contributed by atoms with E-state index in [0.717, 1.165) is 24.0 Å². The fourth-order valence-electron chi connectivity index (χ4n) is 3.86. The summed E-state index contributed by atoms with van der Waals surface area (Å²) in [5, 5.41) is 13.8. The van der Waals surface area contributed by atoms with Crippen LogP contribution in [0.4, 0.5) is 10.5 Å². The molecule has 0 atom stereocenters. The van der Waals surface area contributed by atoms with Crippen LogP contribution in [0.3, 0.4) is 0 Å². The number of carbonyl (C=O) groups is 2. The minimum atomic E-state index is -1.07. The molecule has 0 saturated carbocycles. The lowest BCUT2D eigenvalue weighted by molar-refractivity contribution is -0.0303. The molecule has 2 aliphatic heterocycles. The van der Waals surface area contributed by atoms with E-state index in [1.807, 2.05) is 20.8 Å². The van der Waals surface area contributed by atoms with Crippen LogP contribution >= 0.6 is 22.6 Å². The number of ether oxygens (including phenoxy) is 2. The minimum absolute atomic E-state index is 0.104. The Balaban J connectivity index is 1.63. The summed E-state index contributed by atoms with van der Waals surface area (Å²) in [6, 6.07) is 1.79. The zero-order valence-corrected chi connectivity index (χ0v) is 20.6. The number of hydrogen-bond acceptors (Lipinski definition) is 6. The van der Waals surface area contributed by atoms with Crippen LogP contribution in [-0.4, -0.2) is 59.5 Å². The number of nitrogens with two attached hydrogens (primary N) is 1. The summed E-state index contributed by atoms with van der Waals surface area (Å²) in [7, 11) is 0. The van der Waals surface area contributed by atoms with Gasteiger partial charge in [-0.1, -0.05) is 22.6 Å². The Morgan fingerprint density at radius 1 is 1.35 bits per heavy atom. The maximum Gasteiger partial charge on any atom is 0.410 e. The standard InChI is InChI=1S/C22H32IN3O5/c1-21(2,3)31-20(28)26-8-6-22(29,7-9-26)13-25-19(27)16-11-14(12-23)17(24)15-5-4-10-30-18(15)16/h11,29H,4-10,12-13,24H2,1-3H3,(H,25,27). The van der Waals surface area contributed by atoms with E-state index in [-0.39, 0.29) is 18.5 Å². The molecule has 0 spiro atoms. The van der Waals surface area contributed by atoms with E-state index in [4.69, 9.17) is 15.2 Å². The molecule has 0 aromatic heterocycles. The quantitative estimate of drug-likeness (QED) is 0.305. The number of alkyl halides is 1. The van der Waals surface area contributed by atoms with Gasteiger partial charge in [-0.2, -0.15) is 0 Å². The molecule has 8 nitrogen and oxygen atoms in total. The van der Waals surface area contributed by atoms with Crippen LogP contribution in [0.2, 0.25) is 0 Å². The first kappa shape index (κ1) is 23.9. The van der Waals surface area contributed by atoms with Crippen LogP contribution in [-0.2, 0) is 15.6 Å². The fraction of sp³-hybridized carbons (Fsp3) is 0.636. The highest BCUT2D eigenvalue weighted by Gasteiger charge is 2.36. The minimum Gasteiger partial charge on any atom is -0.492 e. The molecule has 0 aliphatic carbocycles. The van der Waals surface area contributed by atoms with Gasteiger partial charge in [0.05, 0.1) is 17.8 Å². The molecule has 1 aromatic carbocycles. The summed E-state index contributed by atoms with van der Waals surface area (Å²) < 4.78 is 11.9. The maximum absolute atomic E-state index is 13.0. The molecule has 31 heavy (non-hydrogen) atoms. The number of nitrogen functional groups attached to an aromatic ring is 1. The first-order valence-electron chi connectivity index (χ1n) is 10.6. The van der Waals surface area contributed by atoms with Crippen LogP contribution in [0.5, 0.6) is 5.75 Å². The zero-order chi connectivity index (χ0) is 22.8. The Hall–Kier alpha value is -1.75. The van der Waals surface area contributed by atoms with Crippen molar-refractivity contribution in [3.63, 3.8) is 0 Å². The van der Waals surface area contributed by atoms with Gasteiger partial charge >= 0.3 is 6.09 Å². The van der Waals surface area contributed by atoms with Crippen molar-refractivity contribution in [3.8, 4) is 5.75 Å². The molecule has 0 radical (unpaired) electrons. The van der Waals surface area contributed by atoms with Gasteiger partial charge in [-0.3, -0.25) is 4.79 Å². The Morgan fingerprint density at radius 2 is 2.03 bits per heavy atom. The van der Waals surface area contributed by atoms with Gasteiger partial charge in [-0.15, -0.1) is 0 Å². The number of rotatable bonds is 4. The lowest BCUT2D eigenvalue weighted by Gasteiger charge is -2.38. The van der Waals surface area contributed by atoms with Crippen molar-refractivity contribution in [1.29, 1.82) is 0 Å². The van der Waals surface area contributed by atoms with Crippen LogP contribution in [0.15, 0.2) is 6.07 Å². The Morgan fingerprint density at radius 3 is 2.65 bits per heavy atom. The Labute approximate surface area is 197 Å². The average molecular weight is 545 g/mol. The number of halogens is 1. The van der Waals surface area contributed by atoms with E-state index < -0.39 is 11.2 Å². The van der Waals surface area contributed by atoms with Crippen LogP contribution < -0.4 is 15.8 Å². The molecule has 1 saturated heterocycles. The summed E-state index contributed by atoms with van der Waals surface area (Å²) in [4.78, 5) is 26.8. The van der Waals surface area contributed by atoms with Crippen LogP contribution in [0.1, 0.15) is 61.5 Å². The molecule has 2 amide bonds. The Bertz CT molecular complexity index is 845. The average Bonchev–Trinajstić information content (AvgIpc) is 2.72. The second-order valence-corrected chi connectivity index (χ2v) is 10.0. The molecular weight excluding hydrogens is 513 g/mol. The predicted octanol–water partition coefficient (Wildman–Crippen LogP) is 3.02. The highest BCUT2D eigenvalue weighted by atomic mass is 127. The van der Waals surface area contributed by atoms with Crippen molar-refractivity contribution in [2.75, 3.05) is 32.0 Å². The highest BCUT2D eigenvalue weighted by molar-refractivity contribution is 14.1. The maximum atomic E-state index is 13.0. The zero-order valence-electron chi connectivity index (χ0n) is 18.4. The number of carbonyl (C=O) groups excluding carboxylic acids is 2. The van der Waals surface area contributed by atoms with E-state index in [2.05, 4.69) is 27.9 Å². The molecule has 9 heteroatoms. The predicted molar refractivity (Wildman–Crippen MR) is 127 cm³/mol. The van der Waals surface area contributed by atoms with Crippen molar-refractivity contribution in [2.45, 2.75) is 62.1 Å². The van der Waals surface area contributed by atoms with Gasteiger partial charge in [-0.05, 0) is 58.1 Å². The van der Waals surface area contributed by atoms with Gasteiger partial charge in [-0.25, -0.2) is 4.79 Å². The molecule has 2 heterocycles. The number of aliphatic hydroxyl groups is 1. The van der Waals surface area contributed by atoms with Crippen molar-refractivity contribution in [1.82, 2.24) is 10.2 Å². The number of hydrogen-bond donors (Lipinski definition) is 3. The van der Waals surface area contributed by atoms with Crippen molar-refractivity contribution in [3.05, 3.63) is 22.8 Å². The normalized spacial score (nSPS) is 18.0. The van der Waals surface area contributed by atoms with Gasteiger partial charge in [0, 0.05) is 35.3 Å². The number of anilines is 1. The summed E-state index contributed by atoms with van der Waals surface area (Å²) in [5.74, 6) is 0.272. The number of piperidine rings is 1. The largest absolute Gasteiger partial charge is 0.492 e. The van der Waals surface area contributed by atoms with Gasteiger partial charge in [0.1, 0.15) is 11.4 Å². The molecule has 172 valence electrons. The number of fused-ring (bicyclic) bond motifs is 1.